The minimum Gasteiger partial charge on any atom is -0.309 e. The number of fused-ring (bicyclic) bond motifs is 7. The topological polar surface area (TPSA) is 26.9 Å². The van der Waals surface area contributed by atoms with Gasteiger partial charge in [-0.05, 0) is 59.8 Å². The Hall–Kier alpha value is -4.63. The van der Waals surface area contributed by atoms with Gasteiger partial charge in [-0.25, -0.2) is 0 Å². The van der Waals surface area contributed by atoms with E-state index in [1.165, 1.54) is 5.56 Å². The van der Waals surface area contributed by atoms with Gasteiger partial charge < -0.3 is 4.57 Å². The minimum absolute atomic E-state index is 0.00620. The van der Waals surface area contributed by atoms with Gasteiger partial charge in [-0.1, -0.05) is 86.1 Å². The molecular weight excluding hydrogens is 452 g/mol. The van der Waals surface area contributed by atoms with Crippen LogP contribution in [0.5, 0.6) is 0 Å². The predicted octanol–water partition coefficient (Wildman–Crippen LogP) is 8.19. The third-order valence-electron chi connectivity index (χ3n) is 7.44. The summed E-state index contributed by atoms with van der Waals surface area (Å²) in [6.45, 7) is 2.21. The number of para-hydroxylation sites is 3. The zero-order valence-electron chi connectivity index (χ0n) is 20.7. The van der Waals surface area contributed by atoms with Crippen LogP contribution in [0.3, 0.4) is 0 Å². The summed E-state index contributed by atoms with van der Waals surface area (Å²) in [5.41, 5.74) is 6.39. The Kier molecular flexibility index (Phi) is 4.97. The number of nitrogens with zero attached hydrogens (tertiary/aromatic N) is 2. The van der Waals surface area contributed by atoms with Gasteiger partial charge >= 0.3 is 0 Å². The molecule has 2 aromatic heterocycles. The first-order valence-electron chi connectivity index (χ1n) is 12.9. The normalized spacial score (nSPS) is 11.7. The standard InChI is InChI=1S/C34H26N2O/c1-2-10-23-17-19-25(20-18-23)35-30-16-9-7-14-28(30)32-31(35)22-21-27-26-13-6-8-15-29(26)36(34(37)33(27)32)24-11-4-3-5-12-24/h3-9,11-22H,2,10H2,1H3. The molecule has 178 valence electrons. The molecule has 0 amide bonds. The van der Waals surface area contributed by atoms with Gasteiger partial charge in [0.05, 0.1) is 21.9 Å². The second-order valence-electron chi connectivity index (χ2n) is 9.64. The fourth-order valence-electron chi connectivity index (χ4n) is 5.84. The number of hydrogen-bond acceptors (Lipinski definition) is 1. The number of aryl methyl sites for hydroxylation is 1. The van der Waals surface area contributed by atoms with Gasteiger partial charge in [0, 0.05) is 27.5 Å². The Morgan fingerprint density at radius 3 is 1.86 bits per heavy atom. The summed E-state index contributed by atoms with van der Waals surface area (Å²) < 4.78 is 4.16. The van der Waals surface area contributed by atoms with Gasteiger partial charge in [-0.3, -0.25) is 9.36 Å². The summed E-state index contributed by atoms with van der Waals surface area (Å²) in [6.07, 6.45) is 2.20. The fraction of sp³-hybridized carbons (Fsp3) is 0.0882. The summed E-state index contributed by atoms with van der Waals surface area (Å²) in [5.74, 6) is 0. The molecule has 0 aliphatic carbocycles. The molecule has 0 spiro atoms. The van der Waals surface area contributed by atoms with Crippen molar-refractivity contribution in [1.29, 1.82) is 0 Å². The van der Waals surface area contributed by atoms with E-state index in [1.54, 1.807) is 0 Å². The van der Waals surface area contributed by atoms with Crippen LogP contribution in [0.25, 0.3) is 54.9 Å². The number of rotatable bonds is 4. The Bertz CT molecular complexity index is 1990. The van der Waals surface area contributed by atoms with Crippen LogP contribution in [-0.4, -0.2) is 9.13 Å². The molecule has 0 saturated carbocycles. The second kappa shape index (κ2) is 8.49. The Morgan fingerprint density at radius 1 is 0.514 bits per heavy atom. The van der Waals surface area contributed by atoms with Crippen LogP contribution in [0.4, 0.5) is 0 Å². The summed E-state index contributed by atoms with van der Waals surface area (Å²) in [6, 6.07) is 39.7. The summed E-state index contributed by atoms with van der Waals surface area (Å²) >= 11 is 0. The lowest BCUT2D eigenvalue weighted by molar-refractivity contribution is 0.921. The van der Waals surface area contributed by atoms with Crippen molar-refractivity contribution in [3.63, 3.8) is 0 Å². The van der Waals surface area contributed by atoms with Gasteiger partial charge in [-0.2, -0.15) is 0 Å². The number of hydrogen-bond donors (Lipinski definition) is 0. The van der Waals surface area contributed by atoms with Gasteiger partial charge in [0.2, 0.25) is 0 Å². The molecule has 5 aromatic carbocycles. The van der Waals surface area contributed by atoms with Crippen molar-refractivity contribution in [2.75, 3.05) is 0 Å². The maximum atomic E-state index is 14.4. The van der Waals surface area contributed by atoms with Crippen molar-refractivity contribution in [3.05, 3.63) is 131 Å². The molecule has 0 atom stereocenters. The van der Waals surface area contributed by atoms with Crippen molar-refractivity contribution in [3.8, 4) is 11.4 Å². The summed E-state index contributed by atoms with van der Waals surface area (Å²) in [7, 11) is 0. The van der Waals surface area contributed by atoms with E-state index >= 15 is 0 Å². The van der Waals surface area contributed by atoms with Crippen LogP contribution in [0.2, 0.25) is 0 Å². The Morgan fingerprint density at radius 2 is 1.14 bits per heavy atom. The van der Waals surface area contributed by atoms with E-state index in [1.807, 2.05) is 53.1 Å². The first-order chi connectivity index (χ1) is 18.3. The van der Waals surface area contributed by atoms with E-state index in [9.17, 15) is 4.79 Å². The van der Waals surface area contributed by atoms with E-state index in [0.717, 1.165) is 67.7 Å². The van der Waals surface area contributed by atoms with Gasteiger partial charge in [0.1, 0.15) is 0 Å². The molecule has 0 fully saturated rings. The fourth-order valence-corrected chi connectivity index (χ4v) is 5.84. The maximum absolute atomic E-state index is 14.4. The average molecular weight is 479 g/mol. The molecule has 0 saturated heterocycles. The molecule has 0 radical (unpaired) electrons. The third-order valence-corrected chi connectivity index (χ3v) is 7.44. The van der Waals surface area contributed by atoms with Crippen LogP contribution in [0.1, 0.15) is 18.9 Å². The number of aromatic nitrogens is 2. The van der Waals surface area contributed by atoms with Crippen LogP contribution >= 0.6 is 0 Å². The zero-order chi connectivity index (χ0) is 24.9. The van der Waals surface area contributed by atoms with Gasteiger partial charge in [0.15, 0.2) is 0 Å². The highest BCUT2D eigenvalue weighted by atomic mass is 16.1. The SMILES string of the molecule is CCCc1ccc(-n2c3ccccc3c3c4c(=O)n(-c5ccccc5)c5ccccc5c4ccc32)cc1. The molecule has 0 aliphatic rings. The highest BCUT2D eigenvalue weighted by Crippen LogP contribution is 2.37. The molecular formula is C34H26N2O. The third kappa shape index (κ3) is 3.24. The lowest BCUT2D eigenvalue weighted by atomic mass is 10.0. The molecule has 2 heterocycles. The van der Waals surface area contributed by atoms with Gasteiger partial charge in [-0.15, -0.1) is 0 Å². The van der Waals surface area contributed by atoms with E-state index in [0.29, 0.717) is 0 Å². The molecule has 0 unspecified atom stereocenters. The zero-order valence-corrected chi connectivity index (χ0v) is 20.7. The van der Waals surface area contributed by atoms with Crippen LogP contribution in [0, 0.1) is 0 Å². The summed E-state index contributed by atoms with van der Waals surface area (Å²) in [4.78, 5) is 14.4. The largest absolute Gasteiger partial charge is 0.309 e. The molecule has 7 rings (SSSR count). The monoisotopic (exact) mass is 478 g/mol. The number of pyridine rings is 1. The van der Waals surface area contributed by atoms with Crippen LogP contribution < -0.4 is 5.56 Å². The number of benzene rings is 5. The van der Waals surface area contributed by atoms with E-state index in [2.05, 4.69) is 78.2 Å². The second-order valence-corrected chi connectivity index (χ2v) is 9.64. The molecule has 0 N–H and O–H groups in total. The highest BCUT2D eigenvalue weighted by Gasteiger charge is 2.20. The lowest BCUT2D eigenvalue weighted by Crippen LogP contribution is -2.19. The van der Waals surface area contributed by atoms with Crippen molar-refractivity contribution < 1.29 is 0 Å². The minimum atomic E-state index is 0.00620. The van der Waals surface area contributed by atoms with E-state index in [-0.39, 0.29) is 5.56 Å². The van der Waals surface area contributed by atoms with Crippen molar-refractivity contribution >= 4 is 43.5 Å². The quantitative estimate of drug-likeness (QED) is 0.234. The van der Waals surface area contributed by atoms with Gasteiger partial charge in [0.25, 0.3) is 5.56 Å². The maximum Gasteiger partial charge on any atom is 0.264 e. The molecule has 37 heavy (non-hydrogen) atoms. The first kappa shape index (κ1) is 21.6. The Balaban J connectivity index is 1.66. The lowest BCUT2D eigenvalue weighted by Gasteiger charge is -2.14. The van der Waals surface area contributed by atoms with Crippen LogP contribution in [-0.2, 0) is 6.42 Å². The Labute approximate surface area is 214 Å². The smallest absolute Gasteiger partial charge is 0.264 e. The van der Waals surface area contributed by atoms with E-state index < -0.39 is 0 Å². The molecule has 3 nitrogen and oxygen atoms in total. The molecule has 0 aliphatic heterocycles. The van der Waals surface area contributed by atoms with Crippen molar-refractivity contribution in [2.45, 2.75) is 19.8 Å². The van der Waals surface area contributed by atoms with E-state index in [4.69, 9.17) is 0 Å². The first-order valence-corrected chi connectivity index (χ1v) is 12.9. The van der Waals surface area contributed by atoms with Crippen molar-refractivity contribution in [2.24, 2.45) is 0 Å². The van der Waals surface area contributed by atoms with Crippen molar-refractivity contribution in [1.82, 2.24) is 9.13 Å². The molecule has 0 bridgehead atoms. The predicted molar refractivity (Wildman–Crippen MR) is 155 cm³/mol. The highest BCUT2D eigenvalue weighted by molar-refractivity contribution is 6.24. The average Bonchev–Trinajstić information content (AvgIpc) is 3.29. The van der Waals surface area contributed by atoms with Crippen LogP contribution in [0.15, 0.2) is 120 Å². The molecule has 7 aromatic rings. The summed E-state index contributed by atoms with van der Waals surface area (Å²) in [5, 5.41) is 4.92. The molecule has 3 heteroatoms.